The number of nitrogens with two attached hydrogens (primary N) is 1. The van der Waals surface area contributed by atoms with Gasteiger partial charge in [-0.05, 0) is 67.8 Å². The Balaban J connectivity index is 1.49. The number of alkyl halides is 1. The molecule has 6 nitrogen and oxygen atoms in total. The van der Waals surface area contributed by atoms with Gasteiger partial charge >= 0.3 is 0 Å². The molecule has 4 aromatic rings. The second-order valence-corrected chi connectivity index (χ2v) is 9.88. The minimum atomic E-state index is -2.28. The average Bonchev–Trinajstić information content (AvgIpc) is 3.51. The molecule has 3 atom stereocenters. The molecule has 0 radical (unpaired) electrons. The summed E-state index contributed by atoms with van der Waals surface area (Å²) in [5.74, 6) is -2.53. The first-order valence-electron chi connectivity index (χ1n) is 11.9. The van der Waals surface area contributed by atoms with Gasteiger partial charge in [0.15, 0.2) is 5.67 Å². The van der Waals surface area contributed by atoms with Crippen LogP contribution in [-0.4, -0.2) is 27.3 Å². The molecule has 2 amide bonds. The lowest BCUT2D eigenvalue weighted by atomic mass is 9.73. The zero-order valence-electron chi connectivity index (χ0n) is 19.6. The summed E-state index contributed by atoms with van der Waals surface area (Å²) in [4.78, 5) is 27.6. The lowest BCUT2D eigenvalue weighted by Crippen LogP contribution is -2.44. The SMILES string of the molecule is C[C@]1(F)C(=O)N(c2ccc3c(cnn3-c3ccc(F)cc3)c2)[C@@H](c2ccccc2)[C@H]1C1(C(N)=O)CC1. The minimum Gasteiger partial charge on any atom is -0.369 e. The first kappa shape index (κ1) is 22.4. The number of hydrogen-bond acceptors (Lipinski definition) is 3. The third-order valence-electron chi connectivity index (χ3n) is 7.73. The first-order valence-corrected chi connectivity index (χ1v) is 11.9. The smallest absolute Gasteiger partial charge is 0.265 e. The number of hydrogen-bond donors (Lipinski definition) is 1. The summed E-state index contributed by atoms with van der Waals surface area (Å²) in [6.45, 7) is 1.27. The number of rotatable bonds is 5. The van der Waals surface area contributed by atoms with E-state index in [-0.39, 0.29) is 5.82 Å². The Morgan fingerprint density at radius 2 is 1.69 bits per heavy atom. The van der Waals surface area contributed by atoms with Gasteiger partial charge in [0.2, 0.25) is 5.91 Å². The largest absolute Gasteiger partial charge is 0.369 e. The van der Waals surface area contributed by atoms with E-state index in [2.05, 4.69) is 5.10 Å². The van der Waals surface area contributed by atoms with Gasteiger partial charge in [-0.1, -0.05) is 30.3 Å². The summed E-state index contributed by atoms with van der Waals surface area (Å²) >= 11 is 0. The van der Waals surface area contributed by atoms with Crippen LogP contribution in [0.15, 0.2) is 79.0 Å². The minimum absolute atomic E-state index is 0.342. The number of primary amides is 1. The molecular formula is C28H24F2N4O2. The summed E-state index contributed by atoms with van der Waals surface area (Å²) < 4.78 is 31.4. The summed E-state index contributed by atoms with van der Waals surface area (Å²) in [5, 5.41) is 5.16. The van der Waals surface area contributed by atoms with Crippen LogP contribution >= 0.6 is 0 Å². The maximum atomic E-state index is 16.4. The van der Waals surface area contributed by atoms with Gasteiger partial charge in [-0.25, -0.2) is 13.5 Å². The molecule has 1 saturated carbocycles. The van der Waals surface area contributed by atoms with Crippen molar-refractivity contribution in [3.8, 4) is 5.69 Å². The van der Waals surface area contributed by atoms with Gasteiger partial charge in [-0.2, -0.15) is 5.10 Å². The second kappa shape index (κ2) is 7.71. The van der Waals surface area contributed by atoms with Crippen molar-refractivity contribution in [2.24, 2.45) is 17.1 Å². The van der Waals surface area contributed by atoms with Crippen LogP contribution in [0.2, 0.25) is 0 Å². The predicted molar refractivity (Wildman–Crippen MR) is 132 cm³/mol. The monoisotopic (exact) mass is 486 g/mol. The van der Waals surface area contributed by atoms with Crippen LogP contribution in [0.4, 0.5) is 14.5 Å². The molecule has 2 aliphatic rings. The zero-order chi connectivity index (χ0) is 25.2. The molecule has 6 rings (SSSR count). The number of anilines is 1. The lowest BCUT2D eigenvalue weighted by molar-refractivity contribution is -0.133. The van der Waals surface area contributed by atoms with E-state index in [1.54, 1.807) is 41.2 Å². The van der Waals surface area contributed by atoms with Crippen molar-refractivity contribution in [1.82, 2.24) is 9.78 Å². The summed E-state index contributed by atoms with van der Waals surface area (Å²) in [6.07, 6.45) is 2.57. The van der Waals surface area contributed by atoms with Crippen LogP contribution in [0.1, 0.15) is 31.4 Å². The molecule has 2 heterocycles. The molecular weight excluding hydrogens is 462 g/mol. The van der Waals surface area contributed by atoms with Gasteiger partial charge in [-0.15, -0.1) is 0 Å². The predicted octanol–water partition coefficient (Wildman–Crippen LogP) is 4.86. The molecule has 1 aromatic heterocycles. The van der Waals surface area contributed by atoms with E-state index in [4.69, 9.17) is 5.73 Å². The Morgan fingerprint density at radius 3 is 2.33 bits per heavy atom. The van der Waals surface area contributed by atoms with Crippen molar-refractivity contribution < 1.29 is 18.4 Å². The topological polar surface area (TPSA) is 81.2 Å². The standard InChI is InChI=1S/C28H24F2N4O2/c1-27(30)24(28(13-14-28)25(31)35)23(17-5-3-2-4-6-17)33(26(27)36)21-11-12-22-18(15-21)16-32-34(22)20-9-7-19(29)8-10-20/h2-12,15-16,23-24H,13-14H2,1H3,(H2,31,35)/t23-,24+,27+/m0/s1. The van der Waals surface area contributed by atoms with Crippen LogP contribution < -0.4 is 10.6 Å². The van der Waals surface area contributed by atoms with E-state index in [1.165, 1.54) is 24.0 Å². The highest BCUT2D eigenvalue weighted by Gasteiger charge is 2.70. The average molecular weight is 487 g/mol. The van der Waals surface area contributed by atoms with Gasteiger partial charge in [0, 0.05) is 17.0 Å². The van der Waals surface area contributed by atoms with Crippen molar-refractivity contribution >= 4 is 28.4 Å². The second-order valence-electron chi connectivity index (χ2n) is 9.88. The van der Waals surface area contributed by atoms with E-state index in [9.17, 15) is 14.0 Å². The maximum absolute atomic E-state index is 16.4. The molecule has 1 saturated heterocycles. The highest BCUT2D eigenvalue weighted by Crippen LogP contribution is 2.64. The Kier molecular flexibility index (Phi) is 4.80. The fourth-order valence-electron chi connectivity index (χ4n) is 5.83. The Hall–Kier alpha value is -4.07. The molecule has 1 aliphatic heterocycles. The van der Waals surface area contributed by atoms with E-state index in [0.717, 1.165) is 16.5 Å². The van der Waals surface area contributed by atoms with Gasteiger partial charge < -0.3 is 10.6 Å². The van der Waals surface area contributed by atoms with Crippen molar-refractivity contribution in [3.63, 3.8) is 0 Å². The number of nitrogens with zero attached hydrogens (tertiary/aromatic N) is 3. The number of carbonyl (C=O) groups excluding carboxylic acids is 2. The number of aromatic nitrogens is 2. The van der Waals surface area contributed by atoms with Crippen molar-refractivity contribution in [3.05, 3.63) is 90.4 Å². The number of benzene rings is 3. The van der Waals surface area contributed by atoms with Gasteiger partial charge in [0.1, 0.15) is 5.82 Å². The highest BCUT2D eigenvalue weighted by atomic mass is 19.1. The van der Waals surface area contributed by atoms with Crippen LogP contribution in [-0.2, 0) is 9.59 Å². The Labute approximate surface area is 206 Å². The molecule has 2 fully saturated rings. The van der Waals surface area contributed by atoms with Crippen LogP contribution in [0.3, 0.4) is 0 Å². The van der Waals surface area contributed by atoms with Crippen LogP contribution in [0.25, 0.3) is 16.6 Å². The number of amides is 2. The number of fused-ring (bicyclic) bond motifs is 1. The van der Waals surface area contributed by atoms with E-state index < -0.39 is 34.9 Å². The quantitative estimate of drug-likeness (QED) is 0.437. The van der Waals surface area contributed by atoms with Crippen molar-refractivity contribution in [2.45, 2.75) is 31.5 Å². The molecule has 1 aliphatic carbocycles. The fourth-order valence-corrected chi connectivity index (χ4v) is 5.83. The van der Waals surface area contributed by atoms with Crippen molar-refractivity contribution in [1.29, 1.82) is 0 Å². The molecule has 0 bridgehead atoms. The third-order valence-corrected chi connectivity index (χ3v) is 7.73. The van der Waals surface area contributed by atoms with Crippen LogP contribution in [0.5, 0.6) is 0 Å². The fraction of sp³-hybridized carbons (Fsp3) is 0.250. The summed E-state index contributed by atoms with van der Waals surface area (Å²) in [6, 6.07) is 19.8. The molecule has 0 spiro atoms. The Morgan fingerprint density at radius 1 is 1.03 bits per heavy atom. The molecule has 0 unspecified atom stereocenters. The molecule has 36 heavy (non-hydrogen) atoms. The zero-order valence-corrected chi connectivity index (χ0v) is 19.6. The van der Waals surface area contributed by atoms with E-state index in [0.29, 0.717) is 24.2 Å². The lowest BCUT2D eigenvalue weighted by Gasteiger charge is -2.33. The van der Waals surface area contributed by atoms with Gasteiger partial charge in [0.25, 0.3) is 5.91 Å². The maximum Gasteiger partial charge on any atom is 0.265 e. The number of halogens is 2. The number of carbonyl (C=O) groups is 2. The normalized spacial score (nSPS) is 24.9. The molecule has 2 N–H and O–H groups in total. The third kappa shape index (κ3) is 3.17. The summed E-state index contributed by atoms with van der Waals surface area (Å²) in [5.41, 5.74) is 5.12. The molecule has 182 valence electrons. The molecule has 8 heteroatoms. The van der Waals surface area contributed by atoms with Crippen molar-refractivity contribution in [2.75, 3.05) is 4.90 Å². The molecule has 3 aromatic carbocycles. The van der Waals surface area contributed by atoms with Gasteiger partial charge in [-0.3, -0.25) is 9.59 Å². The van der Waals surface area contributed by atoms with E-state index >= 15 is 4.39 Å². The van der Waals surface area contributed by atoms with Gasteiger partial charge in [0.05, 0.1) is 28.9 Å². The van der Waals surface area contributed by atoms with Crippen LogP contribution in [0, 0.1) is 17.2 Å². The Bertz CT molecular complexity index is 1490. The highest BCUT2D eigenvalue weighted by molar-refractivity contribution is 6.05. The summed E-state index contributed by atoms with van der Waals surface area (Å²) in [7, 11) is 0. The first-order chi connectivity index (χ1) is 17.2. The van der Waals surface area contributed by atoms with E-state index in [1.807, 2.05) is 30.3 Å².